The van der Waals surface area contributed by atoms with Crippen molar-refractivity contribution in [2.24, 2.45) is 4.99 Å². The lowest BCUT2D eigenvalue weighted by Gasteiger charge is -2.25. The van der Waals surface area contributed by atoms with Crippen molar-refractivity contribution in [1.29, 1.82) is 0 Å². The van der Waals surface area contributed by atoms with Gasteiger partial charge in [0.2, 0.25) is 0 Å². The average Bonchev–Trinajstić information content (AvgIpc) is 3.11. The fourth-order valence-corrected chi connectivity index (χ4v) is 4.01. The SMILES string of the molecule is O=C(O)C1=C(CBr)NC(c2nc(C(F)(F)F)cs2)=N[C@H]1c1ccc(F)cc1Cl. The summed E-state index contributed by atoms with van der Waals surface area (Å²) in [6, 6.07) is 2.23. The standard InChI is InChI=1S/C16H9BrClF4N3O2S/c17-4-9-11(15(26)27)12(7-2-1-6(19)3-8(7)18)25-13(23-9)14-24-10(5-28-14)16(20,21)22/h1-3,5,12H,4H2,(H,23,25)(H,26,27)/t12-/m0/s1. The Balaban J connectivity index is 2.13. The summed E-state index contributed by atoms with van der Waals surface area (Å²) in [5.41, 5.74) is -0.874. The van der Waals surface area contributed by atoms with Crippen LogP contribution in [0.5, 0.6) is 0 Å². The molecule has 2 N–H and O–H groups in total. The Labute approximate surface area is 172 Å². The number of alkyl halides is 4. The summed E-state index contributed by atoms with van der Waals surface area (Å²) in [5.74, 6) is -1.96. The Bertz CT molecular complexity index is 1010. The number of amidine groups is 1. The molecule has 1 aliphatic heterocycles. The molecule has 1 aliphatic rings. The van der Waals surface area contributed by atoms with E-state index >= 15 is 0 Å². The minimum absolute atomic E-state index is 0.0367. The van der Waals surface area contributed by atoms with E-state index in [1.165, 1.54) is 6.07 Å². The highest BCUT2D eigenvalue weighted by atomic mass is 79.9. The monoisotopic (exact) mass is 497 g/mol. The Morgan fingerprint density at radius 3 is 2.64 bits per heavy atom. The van der Waals surface area contributed by atoms with Gasteiger partial charge in [-0.1, -0.05) is 33.6 Å². The molecule has 0 spiro atoms. The molecule has 1 aromatic heterocycles. The predicted octanol–water partition coefficient (Wildman–Crippen LogP) is 4.78. The van der Waals surface area contributed by atoms with Gasteiger partial charge in [-0.25, -0.2) is 14.2 Å². The highest BCUT2D eigenvalue weighted by molar-refractivity contribution is 9.09. The van der Waals surface area contributed by atoms with E-state index in [4.69, 9.17) is 11.6 Å². The number of hydrogen-bond donors (Lipinski definition) is 2. The predicted molar refractivity (Wildman–Crippen MR) is 99.4 cm³/mol. The van der Waals surface area contributed by atoms with Crippen LogP contribution in [-0.4, -0.2) is 27.2 Å². The number of carboxylic acids is 1. The minimum atomic E-state index is -4.62. The Morgan fingerprint density at radius 1 is 1.39 bits per heavy atom. The van der Waals surface area contributed by atoms with Crippen molar-refractivity contribution in [2.45, 2.75) is 12.2 Å². The van der Waals surface area contributed by atoms with Crippen LogP contribution in [0.4, 0.5) is 17.6 Å². The van der Waals surface area contributed by atoms with Crippen LogP contribution >= 0.6 is 38.9 Å². The Morgan fingerprint density at radius 2 is 2.11 bits per heavy atom. The number of aromatic nitrogens is 1. The van der Waals surface area contributed by atoms with Crippen molar-refractivity contribution in [2.75, 3.05) is 5.33 Å². The summed E-state index contributed by atoms with van der Waals surface area (Å²) in [6.45, 7) is 0. The molecule has 0 amide bonds. The van der Waals surface area contributed by atoms with Crippen LogP contribution in [-0.2, 0) is 11.0 Å². The van der Waals surface area contributed by atoms with Crippen molar-refractivity contribution in [1.82, 2.24) is 10.3 Å². The molecule has 148 valence electrons. The van der Waals surface area contributed by atoms with Crippen LogP contribution in [0.2, 0.25) is 5.02 Å². The highest BCUT2D eigenvalue weighted by Crippen LogP contribution is 2.37. The maximum absolute atomic E-state index is 13.4. The molecule has 0 fully saturated rings. The van der Waals surface area contributed by atoms with Gasteiger partial charge in [-0.05, 0) is 12.1 Å². The lowest BCUT2D eigenvalue weighted by molar-refractivity contribution is -0.140. The number of nitrogens with one attached hydrogen (secondary N) is 1. The third-order valence-electron chi connectivity index (χ3n) is 3.74. The van der Waals surface area contributed by atoms with E-state index in [9.17, 15) is 27.5 Å². The Hall–Kier alpha value is -1.98. The van der Waals surface area contributed by atoms with Crippen molar-refractivity contribution < 1.29 is 27.5 Å². The first-order chi connectivity index (χ1) is 13.1. The largest absolute Gasteiger partial charge is 0.478 e. The van der Waals surface area contributed by atoms with Crippen molar-refractivity contribution in [3.63, 3.8) is 0 Å². The van der Waals surface area contributed by atoms with Gasteiger partial charge in [0.05, 0.1) is 5.57 Å². The second-order valence-corrected chi connectivity index (χ2v) is 7.36. The topological polar surface area (TPSA) is 74.6 Å². The van der Waals surface area contributed by atoms with Gasteiger partial charge in [0.25, 0.3) is 0 Å². The normalized spacial score (nSPS) is 17.4. The summed E-state index contributed by atoms with van der Waals surface area (Å²) in [6.07, 6.45) is -4.62. The van der Waals surface area contributed by atoms with Crippen LogP contribution in [0, 0.1) is 5.82 Å². The van der Waals surface area contributed by atoms with Gasteiger partial charge in [0.1, 0.15) is 11.9 Å². The number of hydrogen-bond acceptors (Lipinski definition) is 5. The van der Waals surface area contributed by atoms with Crippen LogP contribution in [0.3, 0.4) is 0 Å². The van der Waals surface area contributed by atoms with Gasteiger partial charge in [-0.2, -0.15) is 13.2 Å². The van der Waals surface area contributed by atoms with E-state index in [1.807, 2.05) is 0 Å². The lowest BCUT2D eigenvalue weighted by Crippen LogP contribution is -2.34. The zero-order valence-corrected chi connectivity index (χ0v) is 16.7. The fourth-order valence-electron chi connectivity index (χ4n) is 2.52. The number of allylic oxidation sites excluding steroid dienone is 1. The van der Waals surface area contributed by atoms with E-state index in [-0.39, 0.29) is 38.0 Å². The molecule has 0 aliphatic carbocycles. The van der Waals surface area contributed by atoms with E-state index in [0.29, 0.717) is 11.3 Å². The number of carboxylic acid groups (broad SMARTS) is 1. The number of carbonyl (C=O) groups is 1. The quantitative estimate of drug-likeness (QED) is 0.470. The summed E-state index contributed by atoms with van der Waals surface area (Å²) in [4.78, 5) is 19.6. The zero-order valence-electron chi connectivity index (χ0n) is 13.5. The maximum atomic E-state index is 13.4. The molecule has 12 heteroatoms. The zero-order chi connectivity index (χ0) is 20.6. The van der Waals surface area contributed by atoms with E-state index in [2.05, 4.69) is 31.2 Å². The number of thiazole rings is 1. The van der Waals surface area contributed by atoms with E-state index < -0.39 is 29.7 Å². The molecule has 0 saturated carbocycles. The second-order valence-electron chi connectivity index (χ2n) is 5.54. The lowest BCUT2D eigenvalue weighted by atomic mass is 9.96. The molecule has 28 heavy (non-hydrogen) atoms. The van der Waals surface area contributed by atoms with Gasteiger partial charge in [0.15, 0.2) is 16.5 Å². The summed E-state index contributed by atoms with van der Waals surface area (Å²) in [7, 11) is 0. The highest BCUT2D eigenvalue weighted by Gasteiger charge is 2.36. The Kier molecular flexibility index (Phi) is 5.78. The van der Waals surface area contributed by atoms with Gasteiger partial charge >= 0.3 is 12.1 Å². The van der Waals surface area contributed by atoms with Crippen LogP contribution in [0.1, 0.15) is 22.3 Å². The third kappa shape index (κ3) is 4.06. The molecule has 1 atom stereocenters. The van der Waals surface area contributed by atoms with E-state index in [0.717, 1.165) is 17.5 Å². The second kappa shape index (κ2) is 7.80. The smallest absolute Gasteiger partial charge is 0.434 e. The number of rotatable bonds is 4. The third-order valence-corrected chi connectivity index (χ3v) is 5.48. The maximum Gasteiger partial charge on any atom is 0.434 e. The molecule has 0 unspecified atom stereocenters. The van der Waals surface area contributed by atoms with Gasteiger partial charge in [-0.15, -0.1) is 11.3 Å². The number of aliphatic imine (C=N–C) groups is 1. The van der Waals surface area contributed by atoms with Gasteiger partial charge in [-0.3, -0.25) is 4.99 Å². The number of benzene rings is 1. The number of halogens is 6. The molecule has 2 aromatic rings. The molecule has 0 bridgehead atoms. The minimum Gasteiger partial charge on any atom is -0.478 e. The number of aliphatic carboxylic acids is 1. The van der Waals surface area contributed by atoms with Crippen molar-refractivity contribution in [3.05, 3.63) is 62.0 Å². The van der Waals surface area contributed by atoms with Gasteiger partial charge in [0, 0.05) is 27.0 Å². The van der Waals surface area contributed by atoms with Crippen LogP contribution in [0.15, 0.2) is 39.8 Å². The van der Waals surface area contributed by atoms with Crippen molar-refractivity contribution in [3.8, 4) is 0 Å². The molecule has 0 radical (unpaired) electrons. The summed E-state index contributed by atoms with van der Waals surface area (Å²) in [5, 5.41) is 13.1. The van der Waals surface area contributed by atoms with Crippen LogP contribution in [0.25, 0.3) is 0 Å². The molecule has 0 saturated heterocycles. The number of nitrogens with zero attached hydrogens (tertiary/aromatic N) is 2. The molecular weight excluding hydrogens is 490 g/mol. The first-order valence-corrected chi connectivity index (χ1v) is 9.85. The first kappa shape index (κ1) is 20.7. The molecule has 5 nitrogen and oxygen atoms in total. The first-order valence-electron chi connectivity index (χ1n) is 7.47. The fraction of sp³-hybridized carbons (Fsp3) is 0.188. The molecular formula is C16H9BrClF4N3O2S. The van der Waals surface area contributed by atoms with Gasteiger partial charge < -0.3 is 10.4 Å². The molecule has 2 heterocycles. The summed E-state index contributed by atoms with van der Waals surface area (Å²) >= 11 is 9.93. The van der Waals surface area contributed by atoms with Crippen molar-refractivity contribution >= 4 is 50.7 Å². The van der Waals surface area contributed by atoms with Crippen LogP contribution < -0.4 is 5.32 Å². The molecule has 1 aromatic carbocycles. The van der Waals surface area contributed by atoms with E-state index in [1.54, 1.807) is 0 Å². The summed E-state index contributed by atoms with van der Waals surface area (Å²) < 4.78 is 51.9. The molecule has 3 rings (SSSR count). The average molecular weight is 499 g/mol.